The summed E-state index contributed by atoms with van der Waals surface area (Å²) < 4.78 is 38.8. The van der Waals surface area contributed by atoms with Crippen LogP contribution < -0.4 is 26.9 Å². The second-order valence-electron chi connectivity index (χ2n) is 7.79. The fourth-order valence-electron chi connectivity index (χ4n) is 3.89. The van der Waals surface area contributed by atoms with Crippen LogP contribution in [0, 0.1) is 0 Å². The molecule has 0 saturated heterocycles. The minimum atomic E-state index is -4.54. The number of alkyl halides is 3. The van der Waals surface area contributed by atoms with Crippen molar-refractivity contribution in [2.24, 2.45) is 4.99 Å². The van der Waals surface area contributed by atoms with E-state index in [0.29, 0.717) is 0 Å². The van der Waals surface area contributed by atoms with Crippen molar-refractivity contribution in [1.29, 1.82) is 0 Å². The second kappa shape index (κ2) is 8.56. The number of halogens is 3. The minimum absolute atomic E-state index is 0.00931. The van der Waals surface area contributed by atoms with E-state index >= 15 is 0 Å². The number of anilines is 2. The van der Waals surface area contributed by atoms with Gasteiger partial charge < -0.3 is 10.6 Å². The van der Waals surface area contributed by atoms with Gasteiger partial charge in [0.05, 0.1) is 17.2 Å². The van der Waals surface area contributed by atoms with E-state index in [1.54, 1.807) is 0 Å². The molecule has 2 aromatic rings. The average Bonchev–Trinajstić information content (AvgIpc) is 2.73. The van der Waals surface area contributed by atoms with Gasteiger partial charge in [0.25, 0.3) is 11.5 Å². The molecule has 3 N–H and O–H groups in total. The molecular weight excluding hydrogens is 427 g/mol. The Hall–Kier alpha value is -3.50. The van der Waals surface area contributed by atoms with Crippen molar-refractivity contribution in [3.05, 3.63) is 50.9 Å². The molecule has 2 amide bonds. The molecule has 4 rings (SSSR count). The summed E-state index contributed by atoms with van der Waals surface area (Å²) >= 11 is 0. The van der Waals surface area contributed by atoms with Gasteiger partial charge in [0.1, 0.15) is 0 Å². The Bertz CT molecular complexity index is 1250. The number of benzene rings is 1. The summed E-state index contributed by atoms with van der Waals surface area (Å²) in [7, 11) is 0. The molecule has 1 saturated carbocycles. The number of aromatic nitrogens is 2. The number of carbonyl (C=O) groups is 2. The summed E-state index contributed by atoms with van der Waals surface area (Å²) in [5.41, 5.74) is -1.81. The predicted octanol–water partition coefficient (Wildman–Crippen LogP) is 1.68. The van der Waals surface area contributed by atoms with Crippen LogP contribution >= 0.6 is 0 Å². The second-order valence-corrected chi connectivity index (χ2v) is 7.79. The number of nitrogens with zero attached hydrogens (tertiary/aromatic N) is 2. The molecule has 32 heavy (non-hydrogen) atoms. The number of aromatic amines is 1. The Balaban J connectivity index is 1.68. The van der Waals surface area contributed by atoms with Crippen molar-refractivity contribution < 1.29 is 22.8 Å². The fourth-order valence-corrected chi connectivity index (χ4v) is 3.89. The van der Waals surface area contributed by atoms with Gasteiger partial charge in [-0.1, -0.05) is 25.3 Å². The molecule has 1 fully saturated rings. The van der Waals surface area contributed by atoms with Gasteiger partial charge in [0.15, 0.2) is 5.49 Å². The molecule has 0 atom stereocenters. The van der Waals surface area contributed by atoms with Crippen LogP contribution in [0.25, 0.3) is 5.57 Å². The third-order valence-electron chi connectivity index (χ3n) is 5.43. The van der Waals surface area contributed by atoms with E-state index < -0.39 is 29.1 Å². The normalized spacial score (nSPS) is 16.8. The maximum atomic E-state index is 12.9. The summed E-state index contributed by atoms with van der Waals surface area (Å²) in [6.07, 6.45) is -0.0935. The molecule has 0 unspecified atom stereocenters. The molecule has 1 aromatic carbocycles. The Morgan fingerprint density at radius 1 is 1.12 bits per heavy atom. The molecule has 2 aliphatic rings. The highest BCUT2D eigenvalue weighted by molar-refractivity contribution is 6.17. The standard InChI is InChI=1S/C21H20F3N5O3/c22-21(23,24)11-5-4-8-13(9-11)26-20-28-17-16(19(32)29-20)14(10-15(30)27-17)18(31)25-12-6-2-1-3-7-12/h4-5,8-9,12H,1-3,6-7,10H2,(H,25,31)(H2,26,27,28,29,30,32). The van der Waals surface area contributed by atoms with Gasteiger partial charge in [-0.25, -0.2) is 0 Å². The molecule has 0 spiro atoms. The smallest absolute Gasteiger partial charge is 0.350 e. The first-order chi connectivity index (χ1) is 15.2. The Labute approximate surface area is 179 Å². The quantitative estimate of drug-likeness (QED) is 0.660. The Morgan fingerprint density at radius 2 is 1.88 bits per heavy atom. The lowest BCUT2D eigenvalue weighted by Crippen LogP contribution is -2.51. The lowest BCUT2D eigenvalue weighted by molar-refractivity contribution is -0.137. The summed E-state index contributed by atoms with van der Waals surface area (Å²) in [5.74, 6) is -1.33. The van der Waals surface area contributed by atoms with Gasteiger partial charge in [0, 0.05) is 17.3 Å². The zero-order chi connectivity index (χ0) is 22.9. The summed E-state index contributed by atoms with van der Waals surface area (Å²) in [6, 6.07) is 4.32. The first kappa shape index (κ1) is 21.7. The number of carbonyl (C=O) groups excluding carboxylic acids is 2. The van der Waals surface area contributed by atoms with Crippen LogP contribution in [0.4, 0.5) is 24.8 Å². The lowest BCUT2D eigenvalue weighted by Gasteiger charge is -2.23. The van der Waals surface area contributed by atoms with Crippen LogP contribution in [-0.4, -0.2) is 27.8 Å². The van der Waals surface area contributed by atoms with Crippen molar-refractivity contribution >= 4 is 29.0 Å². The van der Waals surface area contributed by atoms with Crippen molar-refractivity contribution in [3.8, 4) is 0 Å². The fraction of sp³-hybridized carbons (Fsp3) is 0.381. The van der Waals surface area contributed by atoms with Crippen molar-refractivity contribution in [2.45, 2.75) is 50.7 Å². The molecule has 8 nitrogen and oxygen atoms in total. The first-order valence-corrected chi connectivity index (χ1v) is 10.2. The number of H-pyrrole nitrogens is 1. The molecule has 1 aliphatic carbocycles. The molecule has 0 bridgehead atoms. The molecule has 1 aliphatic heterocycles. The van der Waals surface area contributed by atoms with E-state index in [1.807, 2.05) is 0 Å². The molecule has 168 valence electrons. The van der Waals surface area contributed by atoms with E-state index in [4.69, 9.17) is 0 Å². The highest BCUT2D eigenvalue weighted by Gasteiger charge is 2.30. The number of hydrogen-bond acceptors (Lipinski definition) is 5. The molecule has 11 heteroatoms. The number of hydrogen-bond donors (Lipinski definition) is 3. The van der Waals surface area contributed by atoms with Gasteiger partial charge in [-0.2, -0.15) is 23.1 Å². The van der Waals surface area contributed by atoms with Crippen LogP contribution in [0.15, 0.2) is 34.1 Å². The SMILES string of the molecule is O=C1CC(C(=O)NC2CCCCC2)=c2c(nc(Nc3cccc(C(F)(F)F)c3)[nH]c2=O)=N1. The first-order valence-electron chi connectivity index (χ1n) is 10.2. The number of amides is 2. The zero-order valence-corrected chi connectivity index (χ0v) is 16.9. The monoisotopic (exact) mass is 447 g/mol. The van der Waals surface area contributed by atoms with Crippen molar-refractivity contribution in [3.63, 3.8) is 0 Å². The largest absolute Gasteiger partial charge is 0.416 e. The van der Waals surface area contributed by atoms with Crippen molar-refractivity contribution in [1.82, 2.24) is 15.3 Å². The molecule has 2 heterocycles. The summed E-state index contributed by atoms with van der Waals surface area (Å²) in [4.78, 5) is 47.8. The van der Waals surface area contributed by atoms with Gasteiger partial charge in [-0.3, -0.25) is 19.4 Å². The molecular formula is C21H20F3N5O3. The summed E-state index contributed by atoms with van der Waals surface area (Å²) in [5, 5.41) is 5.36. The van der Waals surface area contributed by atoms with Crippen LogP contribution in [0.1, 0.15) is 44.1 Å². The maximum absolute atomic E-state index is 12.9. The predicted molar refractivity (Wildman–Crippen MR) is 108 cm³/mol. The third kappa shape index (κ3) is 4.71. The lowest BCUT2D eigenvalue weighted by atomic mass is 9.95. The minimum Gasteiger partial charge on any atom is -0.350 e. The van der Waals surface area contributed by atoms with Gasteiger partial charge >= 0.3 is 6.18 Å². The summed E-state index contributed by atoms with van der Waals surface area (Å²) in [6.45, 7) is 0. The van der Waals surface area contributed by atoms with Crippen LogP contribution in [-0.2, 0) is 15.8 Å². The number of nitrogens with one attached hydrogen (secondary N) is 3. The van der Waals surface area contributed by atoms with Gasteiger partial charge in [-0.05, 0) is 31.0 Å². The van der Waals surface area contributed by atoms with Crippen molar-refractivity contribution in [2.75, 3.05) is 5.32 Å². The van der Waals surface area contributed by atoms with Crippen LogP contribution in [0.3, 0.4) is 0 Å². The van der Waals surface area contributed by atoms with E-state index in [9.17, 15) is 27.6 Å². The number of rotatable bonds is 4. The average molecular weight is 447 g/mol. The third-order valence-corrected chi connectivity index (χ3v) is 5.43. The highest BCUT2D eigenvalue weighted by atomic mass is 19.4. The molecule has 1 aromatic heterocycles. The van der Waals surface area contributed by atoms with Gasteiger partial charge in [-0.15, -0.1) is 0 Å². The van der Waals surface area contributed by atoms with E-state index in [2.05, 4.69) is 25.6 Å². The van der Waals surface area contributed by atoms with E-state index in [-0.39, 0.29) is 40.4 Å². The maximum Gasteiger partial charge on any atom is 0.416 e. The highest BCUT2D eigenvalue weighted by Crippen LogP contribution is 2.31. The zero-order valence-electron chi connectivity index (χ0n) is 16.9. The Morgan fingerprint density at radius 3 is 2.59 bits per heavy atom. The molecule has 0 radical (unpaired) electrons. The number of fused-ring (bicyclic) bond motifs is 1. The van der Waals surface area contributed by atoms with Gasteiger partial charge in [0.2, 0.25) is 11.9 Å². The van der Waals surface area contributed by atoms with E-state index in [0.717, 1.165) is 44.2 Å². The topological polar surface area (TPSA) is 116 Å². The van der Waals surface area contributed by atoms with Crippen LogP contribution in [0.5, 0.6) is 0 Å². The Kier molecular flexibility index (Phi) is 5.81. The van der Waals surface area contributed by atoms with Crippen LogP contribution in [0.2, 0.25) is 0 Å². The van der Waals surface area contributed by atoms with E-state index in [1.165, 1.54) is 12.1 Å².